The molecule has 3 heteroatoms. The number of amides is 1. The summed E-state index contributed by atoms with van der Waals surface area (Å²) in [5, 5.41) is 6.36. The van der Waals surface area contributed by atoms with Crippen LogP contribution in [0.15, 0.2) is 0 Å². The van der Waals surface area contributed by atoms with Crippen molar-refractivity contribution in [1.82, 2.24) is 10.6 Å². The van der Waals surface area contributed by atoms with E-state index >= 15 is 0 Å². The second-order valence-electron chi connectivity index (χ2n) is 4.90. The molecule has 0 bridgehead atoms. The number of carbonyl (C=O) groups excluding carboxylic acids is 1. The summed E-state index contributed by atoms with van der Waals surface area (Å²) in [6, 6.07) is 0.305. The van der Waals surface area contributed by atoms with E-state index in [1.54, 1.807) is 0 Å². The highest BCUT2D eigenvalue weighted by molar-refractivity contribution is 5.81. The van der Waals surface area contributed by atoms with E-state index in [1.807, 2.05) is 6.92 Å². The Bertz CT molecular complexity index is 202. The largest absolute Gasteiger partial charge is 0.355 e. The zero-order chi connectivity index (χ0) is 13.3. The molecular weight excluding hydrogens is 212 g/mol. The van der Waals surface area contributed by atoms with Crippen LogP contribution in [0.3, 0.4) is 0 Å². The SMILES string of the molecule is CCCCNC(=O)C(C)NC(C)C(CC)CC. The number of unbranched alkanes of at least 4 members (excludes halogenated alkanes) is 1. The summed E-state index contributed by atoms with van der Waals surface area (Å²) in [5.41, 5.74) is 0. The minimum atomic E-state index is -0.0949. The van der Waals surface area contributed by atoms with Crippen molar-refractivity contribution in [2.24, 2.45) is 5.92 Å². The molecule has 0 aromatic heterocycles. The molecule has 0 aromatic carbocycles. The van der Waals surface area contributed by atoms with Crippen molar-refractivity contribution in [3.05, 3.63) is 0 Å². The molecule has 2 N–H and O–H groups in total. The first-order chi connectivity index (χ1) is 8.06. The maximum absolute atomic E-state index is 11.8. The van der Waals surface area contributed by atoms with E-state index in [9.17, 15) is 4.79 Å². The van der Waals surface area contributed by atoms with Crippen molar-refractivity contribution < 1.29 is 4.79 Å². The Morgan fingerprint density at radius 1 is 1.12 bits per heavy atom. The van der Waals surface area contributed by atoms with Gasteiger partial charge >= 0.3 is 0 Å². The smallest absolute Gasteiger partial charge is 0.236 e. The molecule has 0 radical (unpaired) electrons. The van der Waals surface area contributed by atoms with E-state index in [2.05, 4.69) is 38.3 Å². The summed E-state index contributed by atoms with van der Waals surface area (Å²) < 4.78 is 0. The highest BCUT2D eigenvalue weighted by Crippen LogP contribution is 2.13. The van der Waals surface area contributed by atoms with Crippen LogP contribution in [0, 0.1) is 5.92 Å². The van der Waals surface area contributed by atoms with Crippen LogP contribution in [0.25, 0.3) is 0 Å². The van der Waals surface area contributed by atoms with Crippen LogP contribution in [0.4, 0.5) is 0 Å². The molecule has 3 nitrogen and oxygen atoms in total. The molecule has 0 heterocycles. The van der Waals surface area contributed by atoms with Crippen molar-refractivity contribution in [2.45, 2.75) is 72.4 Å². The number of nitrogens with one attached hydrogen (secondary N) is 2. The first-order valence-corrected chi connectivity index (χ1v) is 7.10. The first kappa shape index (κ1) is 16.4. The lowest BCUT2D eigenvalue weighted by Gasteiger charge is -2.25. The summed E-state index contributed by atoms with van der Waals surface area (Å²) in [5.74, 6) is 0.775. The van der Waals surface area contributed by atoms with Crippen LogP contribution < -0.4 is 10.6 Å². The fraction of sp³-hybridized carbons (Fsp3) is 0.929. The molecule has 0 rings (SSSR count). The molecule has 2 unspecified atom stereocenters. The molecule has 1 amide bonds. The fourth-order valence-corrected chi connectivity index (χ4v) is 2.14. The maximum atomic E-state index is 11.8. The van der Waals surface area contributed by atoms with Crippen LogP contribution >= 0.6 is 0 Å². The van der Waals surface area contributed by atoms with Crippen LogP contribution in [-0.2, 0) is 4.79 Å². The maximum Gasteiger partial charge on any atom is 0.236 e. The zero-order valence-electron chi connectivity index (χ0n) is 12.2. The predicted octanol–water partition coefficient (Wildman–Crippen LogP) is 2.71. The Morgan fingerprint density at radius 3 is 2.18 bits per heavy atom. The van der Waals surface area contributed by atoms with Crippen LogP contribution in [0.5, 0.6) is 0 Å². The number of carbonyl (C=O) groups is 1. The third kappa shape index (κ3) is 6.67. The molecule has 102 valence electrons. The molecule has 0 aromatic rings. The van der Waals surface area contributed by atoms with Gasteiger partial charge in [0.15, 0.2) is 0 Å². The van der Waals surface area contributed by atoms with Gasteiger partial charge in [-0.3, -0.25) is 4.79 Å². The monoisotopic (exact) mass is 242 g/mol. The topological polar surface area (TPSA) is 41.1 Å². The average Bonchev–Trinajstić information content (AvgIpc) is 2.30. The summed E-state index contributed by atoms with van der Waals surface area (Å²) in [6.45, 7) is 11.5. The van der Waals surface area contributed by atoms with Crippen molar-refractivity contribution >= 4 is 5.91 Å². The van der Waals surface area contributed by atoms with Gasteiger partial charge in [-0.05, 0) is 26.2 Å². The highest BCUT2D eigenvalue weighted by Gasteiger charge is 2.19. The van der Waals surface area contributed by atoms with E-state index in [4.69, 9.17) is 0 Å². The molecule has 0 saturated heterocycles. The van der Waals surface area contributed by atoms with Gasteiger partial charge in [0.2, 0.25) is 5.91 Å². The van der Waals surface area contributed by atoms with Gasteiger partial charge in [0.1, 0.15) is 0 Å². The lowest BCUT2D eigenvalue weighted by molar-refractivity contribution is -0.123. The second kappa shape index (κ2) is 9.46. The van der Waals surface area contributed by atoms with Crippen molar-refractivity contribution in [3.8, 4) is 0 Å². The van der Waals surface area contributed by atoms with Crippen molar-refractivity contribution in [3.63, 3.8) is 0 Å². The minimum absolute atomic E-state index is 0.0949. The van der Waals surface area contributed by atoms with E-state index in [-0.39, 0.29) is 11.9 Å². The molecule has 0 aliphatic heterocycles. The van der Waals surface area contributed by atoms with E-state index in [0.29, 0.717) is 12.0 Å². The lowest BCUT2D eigenvalue weighted by Crippen LogP contribution is -2.48. The predicted molar refractivity (Wildman–Crippen MR) is 74.0 cm³/mol. The summed E-state index contributed by atoms with van der Waals surface area (Å²) >= 11 is 0. The molecule has 0 spiro atoms. The molecule has 17 heavy (non-hydrogen) atoms. The van der Waals surface area contributed by atoms with Gasteiger partial charge in [-0.1, -0.05) is 40.0 Å². The Labute approximate surface area is 107 Å². The minimum Gasteiger partial charge on any atom is -0.355 e. The molecule has 0 aliphatic carbocycles. The summed E-state index contributed by atoms with van der Waals surface area (Å²) in [4.78, 5) is 11.8. The quantitative estimate of drug-likeness (QED) is 0.610. The van der Waals surface area contributed by atoms with E-state index in [1.165, 1.54) is 0 Å². The number of hydrogen-bond acceptors (Lipinski definition) is 2. The molecule has 0 saturated carbocycles. The van der Waals surface area contributed by atoms with E-state index < -0.39 is 0 Å². The van der Waals surface area contributed by atoms with Gasteiger partial charge in [0, 0.05) is 12.6 Å². The van der Waals surface area contributed by atoms with Crippen LogP contribution in [0.1, 0.15) is 60.3 Å². The molecule has 2 atom stereocenters. The van der Waals surface area contributed by atoms with Gasteiger partial charge in [0.25, 0.3) is 0 Å². The standard InChI is InChI=1S/C14H30N2O/c1-6-9-10-15-14(17)12(5)16-11(4)13(7-2)8-3/h11-13,16H,6-10H2,1-5H3,(H,15,17). The van der Waals surface area contributed by atoms with Crippen LogP contribution in [0.2, 0.25) is 0 Å². The Kier molecular flexibility index (Phi) is 9.14. The Balaban J connectivity index is 3.97. The molecule has 0 fully saturated rings. The number of rotatable bonds is 9. The van der Waals surface area contributed by atoms with Crippen LogP contribution in [-0.4, -0.2) is 24.5 Å². The molecular formula is C14H30N2O. The van der Waals surface area contributed by atoms with Gasteiger partial charge in [0.05, 0.1) is 6.04 Å². The average molecular weight is 242 g/mol. The first-order valence-electron chi connectivity index (χ1n) is 7.10. The van der Waals surface area contributed by atoms with Gasteiger partial charge in [-0.15, -0.1) is 0 Å². The third-order valence-corrected chi connectivity index (χ3v) is 3.49. The van der Waals surface area contributed by atoms with E-state index in [0.717, 1.165) is 32.2 Å². The number of hydrogen-bond donors (Lipinski definition) is 2. The van der Waals surface area contributed by atoms with Crippen molar-refractivity contribution in [2.75, 3.05) is 6.54 Å². The third-order valence-electron chi connectivity index (χ3n) is 3.49. The Morgan fingerprint density at radius 2 is 1.71 bits per heavy atom. The summed E-state index contributed by atoms with van der Waals surface area (Å²) in [6.07, 6.45) is 4.50. The highest BCUT2D eigenvalue weighted by atomic mass is 16.2. The molecule has 0 aliphatic rings. The lowest BCUT2D eigenvalue weighted by atomic mass is 9.95. The summed E-state index contributed by atoms with van der Waals surface area (Å²) in [7, 11) is 0. The Hall–Kier alpha value is -0.570. The van der Waals surface area contributed by atoms with Gasteiger partial charge in [-0.2, -0.15) is 0 Å². The second-order valence-corrected chi connectivity index (χ2v) is 4.90. The van der Waals surface area contributed by atoms with Crippen molar-refractivity contribution in [1.29, 1.82) is 0 Å². The zero-order valence-corrected chi connectivity index (χ0v) is 12.2. The van der Waals surface area contributed by atoms with Gasteiger partial charge in [-0.25, -0.2) is 0 Å². The fourth-order valence-electron chi connectivity index (χ4n) is 2.14. The normalized spacial score (nSPS) is 14.7. The van der Waals surface area contributed by atoms with Gasteiger partial charge < -0.3 is 10.6 Å².